The lowest BCUT2D eigenvalue weighted by molar-refractivity contribution is -0.254. The van der Waals surface area contributed by atoms with Gasteiger partial charge in [0, 0.05) is 18.3 Å². The summed E-state index contributed by atoms with van der Waals surface area (Å²) in [5.41, 5.74) is 3.24. The maximum atomic E-state index is 12.9. The molecule has 1 N–H and O–H groups in total. The number of ether oxygens (including phenoxy) is 1. The molecular weight excluding hydrogens is 414 g/mol. The van der Waals surface area contributed by atoms with Gasteiger partial charge in [0.25, 0.3) is 0 Å². The molecule has 0 saturated heterocycles. The number of nitrogens with zero attached hydrogens (tertiary/aromatic N) is 1. The third kappa shape index (κ3) is 6.31. The van der Waals surface area contributed by atoms with Gasteiger partial charge in [-0.1, -0.05) is 72.6 Å². The number of rotatable bonds is 10. The minimum atomic E-state index is -0.221. The van der Waals surface area contributed by atoms with Gasteiger partial charge in [-0.2, -0.15) is 0 Å². The van der Waals surface area contributed by atoms with Crippen LogP contribution in [-0.4, -0.2) is 28.3 Å². The second-order valence-electron chi connectivity index (χ2n) is 7.31. The highest BCUT2D eigenvalue weighted by Gasteiger charge is 2.15. The number of aromatic nitrogens is 1. The van der Waals surface area contributed by atoms with Crippen LogP contribution in [0.3, 0.4) is 0 Å². The quantitative estimate of drug-likeness (QED) is 0.237. The van der Waals surface area contributed by atoms with Crippen molar-refractivity contribution in [1.29, 1.82) is 0 Å². The topological polar surface area (TPSA) is 60.7 Å². The van der Waals surface area contributed by atoms with Gasteiger partial charge in [0.15, 0.2) is 0 Å². The van der Waals surface area contributed by atoms with E-state index >= 15 is 0 Å². The second-order valence-corrected chi connectivity index (χ2v) is 7.75. The summed E-state index contributed by atoms with van der Waals surface area (Å²) < 4.78 is 7.67. The van der Waals surface area contributed by atoms with Gasteiger partial charge in [-0.15, -0.1) is 0 Å². The molecule has 3 aromatic rings. The Bertz CT molecular complexity index is 1040. The Morgan fingerprint density at radius 2 is 1.97 bits per heavy atom. The molecule has 0 unspecified atom stereocenters. The number of benzene rings is 2. The lowest BCUT2D eigenvalue weighted by atomic mass is 10.1. The molecule has 0 amide bonds. The fourth-order valence-corrected chi connectivity index (χ4v) is 3.39. The predicted molar refractivity (Wildman–Crippen MR) is 123 cm³/mol. The monoisotopic (exact) mass is 439 g/mol. The van der Waals surface area contributed by atoms with Crippen molar-refractivity contribution in [3.8, 4) is 5.75 Å². The Kier molecular flexibility index (Phi) is 8.06. The van der Waals surface area contributed by atoms with Crippen LogP contribution < -0.4 is 4.74 Å². The Morgan fingerprint density at radius 1 is 1.19 bits per heavy atom. The Balaban J connectivity index is 1.71. The van der Waals surface area contributed by atoms with Gasteiger partial charge >= 0.3 is 0 Å². The van der Waals surface area contributed by atoms with E-state index in [0.717, 1.165) is 11.1 Å². The zero-order valence-electron chi connectivity index (χ0n) is 17.6. The molecule has 1 heterocycles. The number of carbonyl (C=O) groups is 1. The molecule has 2 aromatic carbocycles. The molecule has 5 nitrogen and oxygen atoms in total. The first-order valence-electron chi connectivity index (χ1n) is 10.2. The largest absolute Gasteiger partial charge is 0.488 e. The van der Waals surface area contributed by atoms with Crippen LogP contribution in [0.1, 0.15) is 40.5 Å². The number of allylic oxidation sites excluding steroid dienone is 1. The number of halogens is 1. The summed E-state index contributed by atoms with van der Waals surface area (Å²) in [7, 11) is 0. The minimum absolute atomic E-state index is 0.0626. The van der Waals surface area contributed by atoms with E-state index in [0.29, 0.717) is 35.0 Å². The molecule has 0 saturated carbocycles. The molecule has 0 radical (unpaired) electrons. The van der Waals surface area contributed by atoms with Crippen molar-refractivity contribution in [1.82, 2.24) is 4.57 Å². The molecule has 0 bridgehead atoms. The molecule has 0 aliphatic rings. The number of ketones is 1. The van der Waals surface area contributed by atoms with Crippen LogP contribution in [0.15, 0.2) is 66.9 Å². The van der Waals surface area contributed by atoms with Crippen molar-refractivity contribution in [2.75, 3.05) is 6.61 Å². The minimum Gasteiger partial charge on any atom is -0.488 e. The molecule has 0 aliphatic heterocycles. The van der Waals surface area contributed by atoms with Crippen LogP contribution in [-0.2, 0) is 11.4 Å². The van der Waals surface area contributed by atoms with Gasteiger partial charge in [0.2, 0.25) is 5.78 Å². The van der Waals surface area contributed by atoms with Gasteiger partial charge in [-0.3, -0.25) is 10.1 Å². The van der Waals surface area contributed by atoms with E-state index in [1.807, 2.05) is 79.1 Å². The SMILES string of the molecule is CC[C@@H](COO)Oc1cccc(/C=C/Cn2cc(Cl)cc2C(=O)c2ccc(C)cc2)c1. The third-order valence-corrected chi connectivity index (χ3v) is 5.11. The maximum absolute atomic E-state index is 12.9. The lowest BCUT2D eigenvalue weighted by Gasteiger charge is -2.16. The fraction of sp³-hybridized carbons (Fsp3) is 0.240. The van der Waals surface area contributed by atoms with E-state index in [1.54, 1.807) is 12.3 Å². The number of hydrogen-bond acceptors (Lipinski definition) is 4. The summed E-state index contributed by atoms with van der Waals surface area (Å²) in [4.78, 5) is 17.1. The standard InChI is InChI=1S/C25H26ClNO4/c1-3-22(17-30-29)31-23-8-4-6-19(14-23)7-5-13-27-16-21(26)15-24(27)25(28)20-11-9-18(2)10-12-20/h4-12,14-16,22,29H,3,13,17H2,1-2H3/b7-5+/t22-/m0/s1. The normalized spacial score (nSPS) is 12.3. The van der Waals surface area contributed by atoms with Crippen molar-refractivity contribution in [3.63, 3.8) is 0 Å². The van der Waals surface area contributed by atoms with Crippen molar-refractivity contribution in [2.45, 2.75) is 32.9 Å². The average Bonchev–Trinajstić information content (AvgIpc) is 3.14. The van der Waals surface area contributed by atoms with Gasteiger partial charge in [0.05, 0.1) is 10.7 Å². The van der Waals surface area contributed by atoms with Gasteiger partial charge in [-0.05, 0) is 37.1 Å². The van der Waals surface area contributed by atoms with Gasteiger partial charge in [-0.25, -0.2) is 4.89 Å². The molecule has 3 rings (SSSR count). The van der Waals surface area contributed by atoms with E-state index in [2.05, 4.69) is 4.89 Å². The summed E-state index contributed by atoms with van der Waals surface area (Å²) in [6.45, 7) is 4.57. The summed E-state index contributed by atoms with van der Waals surface area (Å²) >= 11 is 6.19. The number of hydrogen-bond donors (Lipinski definition) is 1. The van der Waals surface area contributed by atoms with Gasteiger partial charge in [0.1, 0.15) is 18.5 Å². The smallest absolute Gasteiger partial charge is 0.209 e. The van der Waals surface area contributed by atoms with E-state index in [-0.39, 0.29) is 18.5 Å². The highest BCUT2D eigenvalue weighted by atomic mass is 35.5. The Hall–Kier alpha value is -2.86. The summed E-state index contributed by atoms with van der Waals surface area (Å²) in [6, 6.07) is 16.8. The van der Waals surface area contributed by atoms with Gasteiger partial charge < -0.3 is 9.30 Å². The van der Waals surface area contributed by atoms with Crippen molar-refractivity contribution >= 4 is 23.5 Å². The van der Waals surface area contributed by atoms with E-state index in [9.17, 15) is 4.79 Å². The van der Waals surface area contributed by atoms with E-state index < -0.39 is 0 Å². The molecule has 6 heteroatoms. The van der Waals surface area contributed by atoms with Crippen LogP contribution in [0, 0.1) is 6.92 Å². The summed E-state index contributed by atoms with van der Waals surface area (Å²) in [5.74, 6) is 0.637. The van der Waals surface area contributed by atoms with Crippen LogP contribution in [0.25, 0.3) is 6.08 Å². The molecule has 1 aromatic heterocycles. The molecule has 162 valence electrons. The molecule has 1 atom stereocenters. The Morgan fingerprint density at radius 3 is 2.68 bits per heavy atom. The lowest BCUT2D eigenvalue weighted by Crippen LogP contribution is -2.21. The fourth-order valence-electron chi connectivity index (χ4n) is 3.17. The number of carbonyl (C=O) groups excluding carboxylic acids is 1. The molecule has 0 aliphatic carbocycles. The van der Waals surface area contributed by atoms with E-state index in [1.165, 1.54) is 0 Å². The molecule has 0 fully saturated rings. The average molecular weight is 440 g/mol. The second kappa shape index (κ2) is 11.0. The predicted octanol–water partition coefficient (Wildman–Crippen LogP) is 6.04. The van der Waals surface area contributed by atoms with Crippen LogP contribution in [0.4, 0.5) is 0 Å². The summed E-state index contributed by atoms with van der Waals surface area (Å²) in [6.07, 6.45) is 6.18. The van der Waals surface area contributed by atoms with Crippen LogP contribution >= 0.6 is 11.6 Å². The van der Waals surface area contributed by atoms with Crippen molar-refractivity contribution in [3.05, 3.63) is 94.3 Å². The first kappa shape index (κ1) is 22.8. The third-order valence-electron chi connectivity index (χ3n) is 4.90. The maximum Gasteiger partial charge on any atom is 0.209 e. The first-order valence-corrected chi connectivity index (χ1v) is 10.5. The number of aryl methyl sites for hydroxylation is 1. The molecular formula is C25H26ClNO4. The Labute approximate surface area is 187 Å². The van der Waals surface area contributed by atoms with Crippen LogP contribution in [0.5, 0.6) is 5.75 Å². The highest BCUT2D eigenvalue weighted by Crippen LogP contribution is 2.20. The molecule has 31 heavy (non-hydrogen) atoms. The van der Waals surface area contributed by atoms with E-state index in [4.69, 9.17) is 21.6 Å². The summed E-state index contributed by atoms with van der Waals surface area (Å²) in [5, 5.41) is 9.17. The first-order chi connectivity index (χ1) is 15.0. The zero-order chi connectivity index (χ0) is 22.2. The van der Waals surface area contributed by atoms with Crippen molar-refractivity contribution in [2.24, 2.45) is 0 Å². The highest BCUT2D eigenvalue weighted by molar-refractivity contribution is 6.31. The van der Waals surface area contributed by atoms with Crippen LogP contribution in [0.2, 0.25) is 5.02 Å². The zero-order valence-corrected chi connectivity index (χ0v) is 18.4. The van der Waals surface area contributed by atoms with Crippen molar-refractivity contribution < 1.29 is 19.7 Å². The molecule has 0 spiro atoms.